The highest BCUT2D eigenvalue weighted by Gasteiger charge is 2.30. The zero-order valence-electron chi connectivity index (χ0n) is 17.0. The lowest BCUT2D eigenvalue weighted by atomic mass is 9.80. The maximum atomic E-state index is 12.9. The van der Waals surface area contributed by atoms with E-state index < -0.39 is 5.97 Å². The van der Waals surface area contributed by atoms with Crippen LogP contribution in [0.3, 0.4) is 0 Å². The normalized spacial score (nSPS) is 21.6. The molecule has 0 spiro atoms. The molecule has 1 aliphatic heterocycles. The summed E-state index contributed by atoms with van der Waals surface area (Å²) in [5.74, 6) is -0.412. The lowest BCUT2D eigenvalue weighted by Crippen LogP contribution is -2.38. The Bertz CT molecular complexity index is 882. The molecule has 29 heavy (non-hydrogen) atoms. The zero-order valence-corrected chi connectivity index (χ0v) is 17.0. The number of benzene rings is 1. The van der Waals surface area contributed by atoms with Crippen LogP contribution in [0.2, 0.25) is 0 Å². The molecule has 0 unspecified atom stereocenters. The number of hydrogen-bond acceptors (Lipinski definition) is 3. The standard InChI is InChI=1S/C23H29N3O3/c1-16-20-11-12-25(22(27)13-17-7-9-19(10-8-17)23(28)29)15-21(20)26(24-16)14-18-5-3-2-4-6-18/h2-6,17,19H,7-15H2,1H3,(H,28,29)/t17-,19-. The van der Waals surface area contributed by atoms with Crippen LogP contribution >= 0.6 is 0 Å². The Morgan fingerprint density at radius 2 is 1.86 bits per heavy atom. The average molecular weight is 396 g/mol. The number of amides is 1. The first kappa shape index (κ1) is 19.7. The molecule has 0 atom stereocenters. The summed E-state index contributed by atoms with van der Waals surface area (Å²) < 4.78 is 2.05. The predicted molar refractivity (Wildman–Crippen MR) is 109 cm³/mol. The third-order valence-electron chi connectivity index (χ3n) is 6.53. The Balaban J connectivity index is 1.40. The van der Waals surface area contributed by atoms with Gasteiger partial charge in [-0.05, 0) is 56.1 Å². The van der Waals surface area contributed by atoms with Crippen molar-refractivity contribution in [1.82, 2.24) is 14.7 Å². The summed E-state index contributed by atoms with van der Waals surface area (Å²) in [6, 6.07) is 10.3. The van der Waals surface area contributed by atoms with E-state index >= 15 is 0 Å². The number of aryl methyl sites for hydroxylation is 1. The van der Waals surface area contributed by atoms with E-state index in [1.54, 1.807) is 0 Å². The fourth-order valence-electron chi connectivity index (χ4n) is 4.76. The van der Waals surface area contributed by atoms with E-state index in [1.165, 1.54) is 11.1 Å². The van der Waals surface area contributed by atoms with Crippen molar-refractivity contribution in [3.05, 3.63) is 52.8 Å². The highest BCUT2D eigenvalue weighted by Crippen LogP contribution is 2.32. The van der Waals surface area contributed by atoms with Crippen LogP contribution in [0.4, 0.5) is 0 Å². The first-order chi connectivity index (χ1) is 14.0. The number of aliphatic carboxylic acids is 1. The van der Waals surface area contributed by atoms with Gasteiger partial charge in [0.2, 0.25) is 5.91 Å². The van der Waals surface area contributed by atoms with E-state index in [0.29, 0.717) is 31.7 Å². The second-order valence-electron chi connectivity index (χ2n) is 8.48. The van der Waals surface area contributed by atoms with E-state index in [2.05, 4.69) is 23.7 Å². The van der Waals surface area contributed by atoms with E-state index in [0.717, 1.165) is 43.7 Å². The van der Waals surface area contributed by atoms with Gasteiger partial charge in [-0.25, -0.2) is 0 Å². The molecule has 0 saturated heterocycles. The average Bonchev–Trinajstić information content (AvgIpc) is 3.04. The van der Waals surface area contributed by atoms with Crippen LogP contribution in [0.5, 0.6) is 0 Å². The minimum Gasteiger partial charge on any atom is -0.481 e. The number of carbonyl (C=O) groups excluding carboxylic acids is 1. The number of rotatable bonds is 5. The molecule has 2 aromatic rings. The first-order valence-electron chi connectivity index (χ1n) is 10.6. The van der Waals surface area contributed by atoms with Crippen molar-refractivity contribution in [1.29, 1.82) is 0 Å². The quantitative estimate of drug-likeness (QED) is 0.842. The summed E-state index contributed by atoms with van der Waals surface area (Å²) >= 11 is 0. The molecule has 4 rings (SSSR count). The van der Waals surface area contributed by atoms with Gasteiger partial charge in [0, 0.05) is 13.0 Å². The number of carboxylic acid groups (broad SMARTS) is 1. The lowest BCUT2D eigenvalue weighted by Gasteiger charge is -2.31. The zero-order chi connectivity index (χ0) is 20.4. The molecule has 2 heterocycles. The number of hydrogen-bond donors (Lipinski definition) is 1. The minimum atomic E-state index is -0.694. The van der Waals surface area contributed by atoms with Gasteiger partial charge in [0.05, 0.1) is 30.4 Å². The number of nitrogens with zero attached hydrogens (tertiary/aromatic N) is 3. The van der Waals surface area contributed by atoms with Gasteiger partial charge in [-0.1, -0.05) is 30.3 Å². The largest absolute Gasteiger partial charge is 0.481 e. The van der Waals surface area contributed by atoms with Crippen molar-refractivity contribution < 1.29 is 14.7 Å². The fraction of sp³-hybridized carbons (Fsp3) is 0.522. The smallest absolute Gasteiger partial charge is 0.306 e. The number of carboxylic acids is 1. The molecule has 0 bridgehead atoms. The Morgan fingerprint density at radius 3 is 2.55 bits per heavy atom. The second-order valence-corrected chi connectivity index (χ2v) is 8.48. The number of carbonyl (C=O) groups is 2. The third kappa shape index (κ3) is 4.36. The van der Waals surface area contributed by atoms with Gasteiger partial charge in [0.1, 0.15) is 0 Å². The molecule has 2 aliphatic rings. The summed E-state index contributed by atoms with van der Waals surface area (Å²) in [6.07, 6.45) is 4.46. The number of fused-ring (bicyclic) bond motifs is 1. The highest BCUT2D eigenvalue weighted by atomic mass is 16.4. The monoisotopic (exact) mass is 395 g/mol. The van der Waals surface area contributed by atoms with Crippen molar-refractivity contribution in [2.75, 3.05) is 6.54 Å². The van der Waals surface area contributed by atoms with Crippen molar-refractivity contribution in [2.24, 2.45) is 11.8 Å². The molecule has 0 radical (unpaired) electrons. The molecule has 1 aromatic heterocycles. The van der Waals surface area contributed by atoms with Gasteiger partial charge in [0.15, 0.2) is 0 Å². The minimum absolute atomic E-state index is 0.194. The molecule has 6 nitrogen and oxygen atoms in total. The lowest BCUT2D eigenvalue weighted by molar-refractivity contribution is -0.143. The van der Waals surface area contributed by atoms with Crippen LogP contribution in [-0.2, 0) is 29.1 Å². The highest BCUT2D eigenvalue weighted by molar-refractivity contribution is 5.77. The second kappa shape index (κ2) is 8.39. The molecular weight excluding hydrogens is 366 g/mol. The van der Waals surface area contributed by atoms with Crippen molar-refractivity contribution in [3.8, 4) is 0 Å². The van der Waals surface area contributed by atoms with E-state index in [1.807, 2.05) is 23.1 Å². The maximum Gasteiger partial charge on any atom is 0.306 e. The van der Waals surface area contributed by atoms with E-state index in [-0.39, 0.29) is 11.8 Å². The van der Waals surface area contributed by atoms with Crippen LogP contribution < -0.4 is 0 Å². The molecule has 1 N–H and O–H groups in total. The maximum absolute atomic E-state index is 12.9. The summed E-state index contributed by atoms with van der Waals surface area (Å²) in [4.78, 5) is 26.0. The molecule has 1 amide bonds. The SMILES string of the molecule is Cc1nn(Cc2ccccc2)c2c1CCN(C(=O)C[C@H]1CC[C@H](C(=O)O)CC1)C2. The van der Waals surface area contributed by atoms with E-state index in [4.69, 9.17) is 10.2 Å². The van der Waals surface area contributed by atoms with Crippen LogP contribution in [0.1, 0.15) is 54.6 Å². The number of aromatic nitrogens is 2. The van der Waals surface area contributed by atoms with Gasteiger partial charge < -0.3 is 10.0 Å². The molecule has 154 valence electrons. The first-order valence-corrected chi connectivity index (χ1v) is 10.6. The molecule has 1 aromatic carbocycles. The fourth-order valence-corrected chi connectivity index (χ4v) is 4.76. The summed E-state index contributed by atoms with van der Waals surface area (Å²) in [6.45, 7) is 4.14. The van der Waals surface area contributed by atoms with Crippen molar-refractivity contribution >= 4 is 11.9 Å². The topological polar surface area (TPSA) is 75.4 Å². The molecule has 1 fully saturated rings. The third-order valence-corrected chi connectivity index (χ3v) is 6.53. The Hall–Kier alpha value is -2.63. The molecule has 6 heteroatoms. The van der Waals surface area contributed by atoms with Crippen LogP contribution in [0.25, 0.3) is 0 Å². The van der Waals surface area contributed by atoms with Gasteiger partial charge in [0.25, 0.3) is 0 Å². The van der Waals surface area contributed by atoms with Gasteiger partial charge in [-0.3, -0.25) is 14.3 Å². The van der Waals surface area contributed by atoms with Crippen LogP contribution in [0, 0.1) is 18.8 Å². The predicted octanol–water partition coefficient (Wildman–Crippen LogP) is 3.41. The van der Waals surface area contributed by atoms with Crippen molar-refractivity contribution in [3.63, 3.8) is 0 Å². The van der Waals surface area contributed by atoms with E-state index in [9.17, 15) is 9.59 Å². The Kier molecular flexibility index (Phi) is 5.69. The van der Waals surface area contributed by atoms with Crippen LogP contribution in [-0.4, -0.2) is 38.2 Å². The summed E-state index contributed by atoms with van der Waals surface area (Å²) in [5.41, 5.74) is 4.71. The van der Waals surface area contributed by atoms with Gasteiger partial charge in [-0.15, -0.1) is 0 Å². The summed E-state index contributed by atoms with van der Waals surface area (Å²) in [5, 5.41) is 13.9. The Morgan fingerprint density at radius 1 is 1.14 bits per heavy atom. The molecular formula is C23H29N3O3. The van der Waals surface area contributed by atoms with Gasteiger partial charge in [-0.2, -0.15) is 5.10 Å². The van der Waals surface area contributed by atoms with Gasteiger partial charge >= 0.3 is 5.97 Å². The van der Waals surface area contributed by atoms with Crippen molar-refractivity contribution in [2.45, 2.75) is 58.5 Å². The van der Waals surface area contributed by atoms with Crippen LogP contribution in [0.15, 0.2) is 30.3 Å². The molecule has 1 aliphatic carbocycles. The Labute approximate surface area is 171 Å². The molecule has 1 saturated carbocycles. The summed E-state index contributed by atoms with van der Waals surface area (Å²) in [7, 11) is 0.